The van der Waals surface area contributed by atoms with Gasteiger partial charge >= 0.3 is 15.2 Å². The number of hydrogen-bond acceptors (Lipinski definition) is 3. The topological polar surface area (TPSA) is 124 Å². The van der Waals surface area contributed by atoms with Crippen LogP contribution < -0.4 is 4.74 Å². The molecule has 1 aromatic rings. The SMILES string of the molecule is CCCCCCCCCCOc1cccc(CC(P(=O)(O)O)P(=O)(O)O)c1. The lowest BCUT2D eigenvalue weighted by Crippen LogP contribution is -2.12. The third-order valence-corrected chi connectivity index (χ3v) is 8.08. The number of hydrogen-bond donors (Lipinski definition) is 4. The van der Waals surface area contributed by atoms with Crippen molar-refractivity contribution in [2.24, 2.45) is 0 Å². The highest BCUT2D eigenvalue weighted by atomic mass is 31.2. The van der Waals surface area contributed by atoms with Gasteiger partial charge in [-0.25, -0.2) is 0 Å². The van der Waals surface area contributed by atoms with Crippen molar-refractivity contribution in [2.75, 3.05) is 6.61 Å². The maximum Gasteiger partial charge on any atom is 0.341 e. The van der Waals surface area contributed by atoms with Crippen molar-refractivity contribution in [3.05, 3.63) is 29.8 Å². The second-order valence-corrected chi connectivity index (χ2v) is 10.8. The molecule has 0 unspecified atom stereocenters. The van der Waals surface area contributed by atoms with Crippen LogP contribution in [0.5, 0.6) is 5.75 Å². The van der Waals surface area contributed by atoms with Crippen molar-refractivity contribution in [3.63, 3.8) is 0 Å². The maximum atomic E-state index is 11.4. The Morgan fingerprint density at radius 2 is 1.44 bits per heavy atom. The summed E-state index contributed by atoms with van der Waals surface area (Å²) >= 11 is 0. The molecule has 0 spiro atoms. The van der Waals surface area contributed by atoms with E-state index >= 15 is 0 Å². The average Bonchev–Trinajstić information content (AvgIpc) is 2.57. The molecular formula is C18H32O7P2. The maximum absolute atomic E-state index is 11.4. The first-order valence-electron chi connectivity index (χ1n) is 9.46. The Morgan fingerprint density at radius 3 is 2.00 bits per heavy atom. The summed E-state index contributed by atoms with van der Waals surface area (Å²) in [6.07, 6.45) is 9.13. The minimum atomic E-state index is -4.93. The molecule has 0 heterocycles. The first-order valence-corrected chi connectivity index (χ1v) is 12.8. The average molecular weight is 422 g/mol. The molecule has 0 aliphatic rings. The van der Waals surface area contributed by atoms with Crippen LogP contribution in [-0.4, -0.2) is 31.6 Å². The van der Waals surface area contributed by atoms with E-state index in [1.54, 1.807) is 24.3 Å². The van der Waals surface area contributed by atoms with Crippen LogP contribution in [0.4, 0.5) is 0 Å². The van der Waals surface area contributed by atoms with Gasteiger partial charge in [0, 0.05) is 0 Å². The minimum Gasteiger partial charge on any atom is -0.494 e. The van der Waals surface area contributed by atoms with Crippen molar-refractivity contribution in [1.29, 1.82) is 0 Å². The van der Waals surface area contributed by atoms with E-state index in [1.165, 1.54) is 38.5 Å². The van der Waals surface area contributed by atoms with Gasteiger partial charge in [0.1, 0.15) is 5.75 Å². The van der Waals surface area contributed by atoms with E-state index in [0.29, 0.717) is 17.9 Å². The van der Waals surface area contributed by atoms with Gasteiger partial charge in [-0.2, -0.15) is 0 Å². The first-order chi connectivity index (χ1) is 12.6. The Kier molecular flexibility index (Phi) is 10.8. The monoisotopic (exact) mass is 422 g/mol. The van der Waals surface area contributed by atoms with E-state index in [2.05, 4.69) is 6.92 Å². The first kappa shape index (κ1) is 24.4. The molecule has 156 valence electrons. The Bertz CT molecular complexity index is 616. The number of ether oxygens (including phenoxy) is 1. The zero-order chi connectivity index (χ0) is 20.3. The molecule has 1 aromatic carbocycles. The fourth-order valence-corrected chi connectivity index (χ4v) is 5.30. The second-order valence-electron chi connectivity index (χ2n) is 6.83. The second kappa shape index (κ2) is 12.0. The van der Waals surface area contributed by atoms with Crippen molar-refractivity contribution in [2.45, 2.75) is 70.1 Å². The third-order valence-electron chi connectivity index (χ3n) is 4.36. The zero-order valence-corrected chi connectivity index (χ0v) is 17.7. The van der Waals surface area contributed by atoms with Gasteiger partial charge in [-0.1, -0.05) is 64.0 Å². The van der Waals surface area contributed by atoms with Crippen molar-refractivity contribution in [1.82, 2.24) is 0 Å². The zero-order valence-electron chi connectivity index (χ0n) is 15.9. The van der Waals surface area contributed by atoms with E-state index in [1.807, 2.05) is 0 Å². The number of benzene rings is 1. The van der Waals surface area contributed by atoms with Crippen LogP contribution in [-0.2, 0) is 15.6 Å². The molecule has 4 N–H and O–H groups in total. The highest BCUT2D eigenvalue weighted by Crippen LogP contribution is 2.60. The van der Waals surface area contributed by atoms with Crippen LogP contribution in [0, 0.1) is 0 Å². The predicted molar refractivity (Wildman–Crippen MR) is 106 cm³/mol. The van der Waals surface area contributed by atoms with Crippen molar-refractivity contribution >= 4 is 15.2 Å². The highest BCUT2D eigenvalue weighted by Gasteiger charge is 2.43. The predicted octanol–water partition coefficient (Wildman–Crippen LogP) is 4.43. The molecule has 0 atom stereocenters. The normalized spacial score (nSPS) is 12.5. The number of rotatable bonds is 14. The fourth-order valence-electron chi connectivity index (χ4n) is 2.83. The molecule has 7 nitrogen and oxygen atoms in total. The summed E-state index contributed by atoms with van der Waals surface area (Å²) in [4.78, 5) is 36.9. The van der Waals surface area contributed by atoms with E-state index in [4.69, 9.17) is 4.74 Å². The Balaban J connectivity index is 2.43. The third kappa shape index (κ3) is 10.4. The van der Waals surface area contributed by atoms with Crippen LogP contribution in [0.3, 0.4) is 0 Å². The summed E-state index contributed by atoms with van der Waals surface area (Å²) in [5.74, 6) is 0.533. The summed E-state index contributed by atoms with van der Waals surface area (Å²) < 4.78 is 28.4. The lowest BCUT2D eigenvalue weighted by Gasteiger charge is -2.19. The van der Waals surface area contributed by atoms with Crippen LogP contribution in [0.15, 0.2) is 24.3 Å². The number of unbranched alkanes of at least 4 members (excludes halogenated alkanes) is 7. The van der Waals surface area contributed by atoms with E-state index in [0.717, 1.165) is 12.8 Å². The van der Waals surface area contributed by atoms with Gasteiger partial charge in [-0.3, -0.25) is 9.13 Å². The molecule has 0 saturated carbocycles. The van der Waals surface area contributed by atoms with Crippen molar-refractivity contribution in [3.8, 4) is 5.75 Å². The molecule has 0 fully saturated rings. The minimum absolute atomic E-state index is 0.413. The van der Waals surface area contributed by atoms with Gasteiger partial charge in [0.2, 0.25) is 0 Å². The largest absolute Gasteiger partial charge is 0.494 e. The lowest BCUT2D eigenvalue weighted by molar-refractivity contribution is 0.303. The van der Waals surface area contributed by atoms with Crippen LogP contribution in [0.25, 0.3) is 0 Å². The van der Waals surface area contributed by atoms with Gasteiger partial charge in [-0.15, -0.1) is 0 Å². The molecule has 0 bridgehead atoms. The summed E-state index contributed by atoms with van der Waals surface area (Å²) in [5.41, 5.74) is 0.417. The van der Waals surface area contributed by atoms with Gasteiger partial charge in [0.15, 0.2) is 5.40 Å². The van der Waals surface area contributed by atoms with Gasteiger partial charge in [-0.05, 0) is 30.5 Å². The summed E-state index contributed by atoms with van der Waals surface area (Å²) in [6.45, 7) is 2.74. The smallest absolute Gasteiger partial charge is 0.341 e. The van der Waals surface area contributed by atoms with Crippen LogP contribution in [0.1, 0.15) is 63.9 Å². The standard InChI is InChI=1S/C18H32O7P2/c1-2-3-4-5-6-7-8-9-13-25-17-12-10-11-16(14-17)15-18(26(19,20)21)27(22,23)24/h10-12,14,18H,2-9,13,15H2,1H3,(H2,19,20,21)(H2,22,23,24). The van der Waals surface area contributed by atoms with E-state index in [9.17, 15) is 28.7 Å². The fraction of sp³-hybridized carbons (Fsp3) is 0.667. The Labute approximate surface area is 161 Å². The van der Waals surface area contributed by atoms with Gasteiger partial charge in [0.25, 0.3) is 0 Å². The molecule has 1 rings (SSSR count). The summed E-state index contributed by atoms with van der Waals surface area (Å²) in [7, 11) is -9.85. The highest BCUT2D eigenvalue weighted by molar-refractivity contribution is 7.70. The van der Waals surface area contributed by atoms with Crippen LogP contribution in [0.2, 0.25) is 0 Å². The summed E-state index contributed by atoms with van der Waals surface area (Å²) in [6, 6.07) is 6.51. The molecule has 0 aliphatic carbocycles. The molecule has 27 heavy (non-hydrogen) atoms. The van der Waals surface area contributed by atoms with E-state index < -0.39 is 27.0 Å². The molecule has 9 heteroatoms. The van der Waals surface area contributed by atoms with Gasteiger partial charge < -0.3 is 24.3 Å². The van der Waals surface area contributed by atoms with Crippen LogP contribution >= 0.6 is 15.2 Å². The lowest BCUT2D eigenvalue weighted by atomic mass is 10.1. The molecule has 0 aromatic heterocycles. The molecule has 0 amide bonds. The molecule has 0 saturated heterocycles. The van der Waals surface area contributed by atoms with E-state index in [-0.39, 0.29) is 0 Å². The molecule has 0 aliphatic heterocycles. The summed E-state index contributed by atoms with van der Waals surface area (Å²) in [5, 5.41) is -2.03. The molecule has 0 radical (unpaired) electrons. The quantitative estimate of drug-likeness (QED) is 0.258. The molecular weight excluding hydrogens is 390 g/mol. The van der Waals surface area contributed by atoms with Crippen molar-refractivity contribution < 1.29 is 33.4 Å². The Hall–Kier alpha value is -0.680. The van der Waals surface area contributed by atoms with Gasteiger partial charge in [0.05, 0.1) is 6.61 Å². The Morgan fingerprint density at radius 1 is 0.889 bits per heavy atom.